The lowest BCUT2D eigenvalue weighted by Crippen LogP contribution is -2.48. The van der Waals surface area contributed by atoms with Gasteiger partial charge in [0.25, 0.3) is 15.9 Å². The summed E-state index contributed by atoms with van der Waals surface area (Å²) in [5.41, 5.74) is 0.931. The third-order valence-corrected chi connectivity index (χ3v) is 6.63. The molecule has 4 rings (SSSR count). The van der Waals surface area contributed by atoms with E-state index in [4.69, 9.17) is 9.47 Å². The molecule has 1 heterocycles. The number of anilines is 2. The summed E-state index contributed by atoms with van der Waals surface area (Å²) in [7, 11) is -3.88. The van der Waals surface area contributed by atoms with E-state index in [0.29, 0.717) is 22.9 Å². The number of benzene rings is 3. The lowest BCUT2D eigenvalue weighted by atomic mass is 10.2. The van der Waals surface area contributed by atoms with Crippen LogP contribution in [0.25, 0.3) is 0 Å². The van der Waals surface area contributed by atoms with Crippen molar-refractivity contribution in [1.82, 2.24) is 0 Å². The van der Waals surface area contributed by atoms with Gasteiger partial charge in [-0.2, -0.15) is 0 Å². The zero-order valence-corrected chi connectivity index (χ0v) is 18.6. The first-order valence-corrected chi connectivity index (χ1v) is 11.7. The van der Waals surface area contributed by atoms with Crippen molar-refractivity contribution in [2.24, 2.45) is 0 Å². The average Bonchev–Trinajstić information content (AvgIpc) is 2.78. The van der Waals surface area contributed by atoms with Crippen LogP contribution in [0.4, 0.5) is 11.4 Å². The van der Waals surface area contributed by atoms with Crippen LogP contribution in [0.1, 0.15) is 13.8 Å². The normalized spacial score (nSPS) is 15.6. The molecule has 0 fully saturated rings. The number of fused-ring (bicyclic) bond motifs is 1. The smallest absolute Gasteiger partial charge is 0.267 e. The molecule has 3 aromatic rings. The first-order valence-electron chi connectivity index (χ1n) is 10.3. The molecule has 3 aromatic carbocycles. The Morgan fingerprint density at radius 1 is 1.03 bits per heavy atom. The summed E-state index contributed by atoms with van der Waals surface area (Å²) in [5.74, 6) is 0.505. The largest absolute Gasteiger partial charge is 0.491 e. The summed E-state index contributed by atoms with van der Waals surface area (Å²) in [6.07, 6.45) is -1.03. The van der Waals surface area contributed by atoms with E-state index >= 15 is 0 Å². The van der Waals surface area contributed by atoms with E-state index in [2.05, 4.69) is 5.32 Å². The predicted octanol–water partition coefficient (Wildman–Crippen LogP) is 4.07. The molecule has 1 aliphatic heterocycles. The Hall–Kier alpha value is -3.52. The minimum atomic E-state index is -3.88. The van der Waals surface area contributed by atoms with E-state index in [1.54, 1.807) is 66.7 Å². The summed E-state index contributed by atoms with van der Waals surface area (Å²) in [6.45, 7) is 3.68. The van der Waals surface area contributed by atoms with Gasteiger partial charge in [0.2, 0.25) is 0 Å². The Kier molecular flexibility index (Phi) is 6.05. The molecule has 8 heteroatoms. The molecule has 0 aromatic heterocycles. The van der Waals surface area contributed by atoms with Crippen LogP contribution in [0.5, 0.6) is 11.5 Å². The van der Waals surface area contributed by atoms with Gasteiger partial charge in [-0.3, -0.25) is 9.10 Å². The van der Waals surface area contributed by atoms with Crippen molar-refractivity contribution in [3.05, 3.63) is 78.9 Å². The summed E-state index contributed by atoms with van der Waals surface area (Å²) in [4.78, 5) is 13.2. The highest BCUT2D eigenvalue weighted by Crippen LogP contribution is 2.37. The van der Waals surface area contributed by atoms with Gasteiger partial charge in [0.1, 0.15) is 11.5 Å². The van der Waals surface area contributed by atoms with Gasteiger partial charge in [0, 0.05) is 11.8 Å². The van der Waals surface area contributed by atoms with E-state index in [1.165, 1.54) is 16.4 Å². The Balaban J connectivity index is 1.61. The van der Waals surface area contributed by atoms with Crippen molar-refractivity contribution >= 4 is 27.3 Å². The maximum atomic E-state index is 13.3. The molecule has 1 aliphatic rings. The van der Waals surface area contributed by atoms with Crippen molar-refractivity contribution < 1.29 is 22.7 Å². The van der Waals surface area contributed by atoms with Gasteiger partial charge < -0.3 is 14.8 Å². The second-order valence-corrected chi connectivity index (χ2v) is 9.47. The molecule has 1 amide bonds. The molecule has 0 radical (unpaired) electrons. The van der Waals surface area contributed by atoms with Crippen molar-refractivity contribution in [3.63, 3.8) is 0 Å². The monoisotopic (exact) mass is 452 g/mol. The second-order valence-electron chi connectivity index (χ2n) is 7.61. The number of hydrogen-bond acceptors (Lipinski definition) is 5. The number of ether oxygens (including phenoxy) is 2. The van der Waals surface area contributed by atoms with Crippen molar-refractivity contribution in [1.29, 1.82) is 0 Å². The van der Waals surface area contributed by atoms with Gasteiger partial charge in [-0.25, -0.2) is 8.42 Å². The fraction of sp³-hybridized carbons (Fsp3) is 0.208. The molecule has 32 heavy (non-hydrogen) atoms. The maximum Gasteiger partial charge on any atom is 0.267 e. The number of carbonyl (C=O) groups excluding carboxylic acids is 1. The molecule has 0 unspecified atom stereocenters. The summed E-state index contributed by atoms with van der Waals surface area (Å²) in [6, 6.07) is 21.9. The lowest BCUT2D eigenvalue weighted by molar-refractivity contribution is -0.122. The minimum absolute atomic E-state index is 0.00381. The van der Waals surface area contributed by atoms with Gasteiger partial charge in [-0.1, -0.05) is 36.4 Å². The average molecular weight is 453 g/mol. The van der Waals surface area contributed by atoms with Gasteiger partial charge >= 0.3 is 0 Å². The Morgan fingerprint density at radius 2 is 1.75 bits per heavy atom. The third-order valence-electron chi connectivity index (χ3n) is 4.83. The second kappa shape index (κ2) is 8.92. The van der Waals surface area contributed by atoms with Crippen LogP contribution in [0.15, 0.2) is 83.8 Å². The number of nitrogens with zero attached hydrogens (tertiary/aromatic N) is 1. The molecule has 0 saturated carbocycles. The highest BCUT2D eigenvalue weighted by Gasteiger charge is 2.37. The topological polar surface area (TPSA) is 84.9 Å². The molecule has 0 aliphatic carbocycles. The predicted molar refractivity (Wildman–Crippen MR) is 123 cm³/mol. The molecule has 0 saturated heterocycles. The van der Waals surface area contributed by atoms with E-state index < -0.39 is 22.0 Å². The van der Waals surface area contributed by atoms with Crippen LogP contribution in [-0.2, 0) is 14.8 Å². The molecule has 0 bridgehead atoms. The number of amides is 1. The van der Waals surface area contributed by atoms with Crippen molar-refractivity contribution in [2.45, 2.75) is 31.0 Å². The zero-order chi connectivity index (χ0) is 22.7. The first-order chi connectivity index (χ1) is 15.3. The molecule has 0 spiro atoms. The van der Waals surface area contributed by atoms with E-state index in [1.807, 2.05) is 13.8 Å². The molecular formula is C24H24N2O5S. The van der Waals surface area contributed by atoms with Crippen LogP contribution in [-0.4, -0.2) is 33.1 Å². The Labute approximate surface area is 187 Å². The van der Waals surface area contributed by atoms with Crippen LogP contribution >= 0.6 is 0 Å². The minimum Gasteiger partial charge on any atom is -0.491 e. The SMILES string of the molecule is CC(C)Oc1cccc(NC(=O)[C@H]2CN(S(=O)(=O)c3ccccc3)c3ccccc3O2)c1. The third kappa shape index (κ3) is 4.55. The number of carbonyl (C=O) groups is 1. The lowest BCUT2D eigenvalue weighted by Gasteiger charge is -2.34. The zero-order valence-electron chi connectivity index (χ0n) is 17.8. The molecule has 1 atom stereocenters. The maximum absolute atomic E-state index is 13.3. The van der Waals surface area contributed by atoms with E-state index in [-0.39, 0.29) is 17.5 Å². The number of hydrogen-bond donors (Lipinski definition) is 1. The highest BCUT2D eigenvalue weighted by molar-refractivity contribution is 7.92. The molecule has 1 N–H and O–H groups in total. The van der Waals surface area contributed by atoms with Crippen LogP contribution < -0.4 is 19.1 Å². The first kappa shape index (κ1) is 21.7. The van der Waals surface area contributed by atoms with Crippen molar-refractivity contribution in [2.75, 3.05) is 16.2 Å². The van der Waals surface area contributed by atoms with Crippen LogP contribution in [0.2, 0.25) is 0 Å². The quantitative estimate of drug-likeness (QED) is 0.610. The summed E-state index contributed by atoms with van der Waals surface area (Å²) < 4.78 is 39.5. The van der Waals surface area contributed by atoms with Crippen molar-refractivity contribution in [3.8, 4) is 11.5 Å². The van der Waals surface area contributed by atoms with Gasteiger partial charge in [0.05, 0.1) is 23.2 Å². The number of para-hydroxylation sites is 2. The Bertz CT molecular complexity index is 1210. The number of rotatable bonds is 6. The van der Waals surface area contributed by atoms with Gasteiger partial charge in [-0.15, -0.1) is 0 Å². The number of nitrogens with one attached hydrogen (secondary N) is 1. The molecular weight excluding hydrogens is 428 g/mol. The van der Waals surface area contributed by atoms with Gasteiger partial charge in [-0.05, 0) is 50.2 Å². The number of sulfonamides is 1. The summed E-state index contributed by atoms with van der Waals surface area (Å²) >= 11 is 0. The van der Waals surface area contributed by atoms with E-state index in [9.17, 15) is 13.2 Å². The standard InChI is InChI=1S/C24H24N2O5S/c1-17(2)30-19-10-8-9-18(15-19)25-24(27)23-16-26(21-13-6-7-14-22(21)31-23)32(28,29)20-11-4-3-5-12-20/h3-15,17,23H,16H2,1-2H3,(H,25,27)/t23-/m1/s1. The molecule has 166 valence electrons. The fourth-order valence-corrected chi connectivity index (χ4v) is 4.93. The van der Waals surface area contributed by atoms with Gasteiger partial charge in [0.15, 0.2) is 6.10 Å². The molecule has 7 nitrogen and oxygen atoms in total. The fourth-order valence-electron chi connectivity index (χ4n) is 3.43. The van der Waals surface area contributed by atoms with Crippen LogP contribution in [0, 0.1) is 0 Å². The van der Waals surface area contributed by atoms with Crippen LogP contribution in [0.3, 0.4) is 0 Å². The Morgan fingerprint density at radius 3 is 2.50 bits per heavy atom. The summed E-state index contributed by atoms with van der Waals surface area (Å²) in [5, 5.41) is 2.80. The van der Waals surface area contributed by atoms with E-state index in [0.717, 1.165) is 0 Å². The highest BCUT2D eigenvalue weighted by atomic mass is 32.2.